The van der Waals surface area contributed by atoms with Crippen LogP contribution < -0.4 is 4.90 Å². The van der Waals surface area contributed by atoms with Crippen LogP contribution in [0.1, 0.15) is 59.5 Å². The van der Waals surface area contributed by atoms with Crippen LogP contribution in [0, 0.1) is 0 Å². The van der Waals surface area contributed by atoms with Crippen LogP contribution in [0.4, 0.5) is 5.82 Å². The Kier molecular flexibility index (Phi) is 3.46. The van der Waals surface area contributed by atoms with Crippen molar-refractivity contribution in [1.82, 2.24) is 25.1 Å². The number of anilines is 1. The first kappa shape index (κ1) is 14.9. The van der Waals surface area contributed by atoms with Gasteiger partial charge in [0, 0.05) is 56.0 Å². The number of amides is 1. The summed E-state index contributed by atoms with van der Waals surface area (Å²) in [5, 5.41) is 7.60. The van der Waals surface area contributed by atoms with Gasteiger partial charge in [-0.25, -0.2) is 9.97 Å². The van der Waals surface area contributed by atoms with Gasteiger partial charge in [0.15, 0.2) is 5.82 Å². The second-order valence-corrected chi connectivity index (χ2v) is 7.31. The molecule has 1 aliphatic heterocycles. The number of carbonyl (C=O) groups is 1. The maximum atomic E-state index is 12.7. The summed E-state index contributed by atoms with van der Waals surface area (Å²) in [5.74, 6) is 3.00. The third-order valence-electron chi connectivity index (χ3n) is 5.33. The van der Waals surface area contributed by atoms with Crippen molar-refractivity contribution in [1.29, 1.82) is 0 Å². The molecule has 1 N–H and O–H groups in total. The van der Waals surface area contributed by atoms with E-state index in [4.69, 9.17) is 0 Å². The standard InChI is InChI=1S/C18H22N6O/c25-18(14-5-6-19-17(20-14)13-3-4-13)24-9-7-23(8-10-24)16-11-15(21-22-16)12-1-2-12/h5-6,11-13H,1-4,7-10H2,(H,21,22). The molecule has 1 saturated heterocycles. The predicted octanol–water partition coefficient (Wildman–Crippen LogP) is 1.92. The lowest BCUT2D eigenvalue weighted by Gasteiger charge is -2.34. The summed E-state index contributed by atoms with van der Waals surface area (Å²) in [6.07, 6.45) is 6.54. The molecule has 3 aliphatic rings. The summed E-state index contributed by atoms with van der Waals surface area (Å²) in [5.41, 5.74) is 1.78. The van der Waals surface area contributed by atoms with Crippen LogP contribution in [0.15, 0.2) is 18.3 Å². The van der Waals surface area contributed by atoms with Crippen molar-refractivity contribution in [3.05, 3.63) is 35.5 Å². The van der Waals surface area contributed by atoms with Gasteiger partial charge < -0.3 is 9.80 Å². The van der Waals surface area contributed by atoms with Gasteiger partial charge in [-0.3, -0.25) is 9.89 Å². The minimum absolute atomic E-state index is 0.0182. The molecule has 0 unspecified atom stereocenters. The van der Waals surface area contributed by atoms with Gasteiger partial charge in [0.25, 0.3) is 5.91 Å². The molecular formula is C18H22N6O. The monoisotopic (exact) mass is 338 g/mol. The van der Waals surface area contributed by atoms with E-state index in [2.05, 4.69) is 31.1 Å². The molecule has 7 heteroatoms. The zero-order valence-corrected chi connectivity index (χ0v) is 14.2. The van der Waals surface area contributed by atoms with Crippen molar-refractivity contribution in [3.63, 3.8) is 0 Å². The second-order valence-electron chi connectivity index (χ2n) is 7.31. The summed E-state index contributed by atoms with van der Waals surface area (Å²) in [4.78, 5) is 25.7. The van der Waals surface area contributed by atoms with Crippen molar-refractivity contribution >= 4 is 11.7 Å². The first-order chi connectivity index (χ1) is 12.3. The zero-order chi connectivity index (χ0) is 16.8. The van der Waals surface area contributed by atoms with E-state index in [0.29, 0.717) is 30.6 Å². The van der Waals surface area contributed by atoms with Crippen LogP contribution in [0.2, 0.25) is 0 Å². The minimum Gasteiger partial charge on any atom is -0.352 e. The van der Waals surface area contributed by atoms with Gasteiger partial charge in [-0.05, 0) is 31.7 Å². The first-order valence-corrected chi connectivity index (χ1v) is 9.20. The van der Waals surface area contributed by atoms with Gasteiger partial charge in [0.1, 0.15) is 11.5 Å². The Labute approximate surface area is 146 Å². The highest BCUT2D eigenvalue weighted by Crippen LogP contribution is 2.40. The molecule has 0 radical (unpaired) electrons. The number of rotatable bonds is 4. The average Bonchev–Trinajstić information content (AvgIpc) is 3.60. The maximum absolute atomic E-state index is 12.7. The molecule has 5 rings (SSSR count). The van der Waals surface area contributed by atoms with Gasteiger partial charge in [0.2, 0.25) is 0 Å². The van der Waals surface area contributed by atoms with Crippen molar-refractivity contribution in [2.75, 3.05) is 31.1 Å². The molecule has 3 fully saturated rings. The smallest absolute Gasteiger partial charge is 0.272 e. The predicted molar refractivity (Wildman–Crippen MR) is 92.7 cm³/mol. The topological polar surface area (TPSA) is 78.0 Å². The molecule has 0 aromatic carbocycles. The van der Waals surface area contributed by atoms with E-state index in [1.807, 2.05) is 4.90 Å². The lowest BCUT2D eigenvalue weighted by atomic mass is 10.2. The molecule has 130 valence electrons. The summed E-state index contributed by atoms with van der Waals surface area (Å²) >= 11 is 0. The van der Waals surface area contributed by atoms with Gasteiger partial charge in [-0.2, -0.15) is 5.10 Å². The molecule has 2 aliphatic carbocycles. The normalized spacial score (nSPS) is 20.8. The van der Waals surface area contributed by atoms with Crippen molar-refractivity contribution in [2.45, 2.75) is 37.5 Å². The molecule has 1 amide bonds. The maximum Gasteiger partial charge on any atom is 0.272 e. The highest BCUT2D eigenvalue weighted by atomic mass is 16.2. The van der Waals surface area contributed by atoms with Crippen LogP contribution in [-0.4, -0.2) is 57.2 Å². The number of aromatic nitrogens is 4. The molecule has 2 saturated carbocycles. The lowest BCUT2D eigenvalue weighted by molar-refractivity contribution is 0.0740. The van der Waals surface area contributed by atoms with Crippen LogP contribution in [-0.2, 0) is 0 Å². The largest absolute Gasteiger partial charge is 0.352 e. The van der Waals surface area contributed by atoms with Crippen molar-refractivity contribution in [3.8, 4) is 0 Å². The fraction of sp³-hybridized carbons (Fsp3) is 0.556. The number of piperazine rings is 1. The number of hydrogen-bond acceptors (Lipinski definition) is 5. The van der Waals surface area contributed by atoms with Crippen molar-refractivity contribution < 1.29 is 4.79 Å². The molecule has 25 heavy (non-hydrogen) atoms. The number of aromatic amines is 1. The third kappa shape index (κ3) is 2.99. The fourth-order valence-corrected chi connectivity index (χ4v) is 3.42. The quantitative estimate of drug-likeness (QED) is 0.921. The van der Waals surface area contributed by atoms with Crippen LogP contribution in [0.3, 0.4) is 0 Å². The van der Waals surface area contributed by atoms with E-state index in [1.165, 1.54) is 18.5 Å². The second kappa shape index (κ2) is 5.82. The van der Waals surface area contributed by atoms with E-state index in [-0.39, 0.29) is 5.91 Å². The van der Waals surface area contributed by atoms with Gasteiger partial charge in [0.05, 0.1) is 0 Å². The highest BCUT2D eigenvalue weighted by Gasteiger charge is 2.30. The third-order valence-corrected chi connectivity index (χ3v) is 5.33. The van der Waals surface area contributed by atoms with Crippen LogP contribution >= 0.6 is 0 Å². The van der Waals surface area contributed by atoms with E-state index < -0.39 is 0 Å². The van der Waals surface area contributed by atoms with Crippen LogP contribution in [0.5, 0.6) is 0 Å². The number of nitrogens with one attached hydrogen (secondary N) is 1. The highest BCUT2D eigenvalue weighted by molar-refractivity contribution is 5.92. The lowest BCUT2D eigenvalue weighted by Crippen LogP contribution is -2.49. The Morgan fingerprint density at radius 2 is 1.84 bits per heavy atom. The van der Waals surface area contributed by atoms with E-state index in [9.17, 15) is 4.79 Å². The molecular weight excluding hydrogens is 316 g/mol. The van der Waals surface area contributed by atoms with Crippen LogP contribution in [0.25, 0.3) is 0 Å². The molecule has 2 aromatic heterocycles. The number of H-pyrrole nitrogens is 1. The van der Waals surface area contributed by atoms with Crippen molar-refractivity contribution in [2.24, 2.45) is 0 Å². The Hall–Kier alpha value is -2.44. The first-order valence-electron chi connectivity index (χ1n) is 9.20. The minimum atomic E-state index is 0.0182. The Balaban J connectivity index is 1.23. The SMILES string of the molecule is O=C(c1ccnc(C2CC2)n1)N1CCN(c2cc(C3CC3)[nH]n2)CC1. The number of nitrogens with zero attached hydrogens (tertiary/aromatic N) is 5. The molecule has 0 atom stereocenters. The van der Waals surface area contributed by atoms with Gasteiger partial charge in [-0.15, -0.1) is 0 Å². The summed E-state index contributed by atoms with van der Waals surface area (Å²) in [6.45, 7) is 3.02. The van der Waals surface area contributed by atoms with Gasteiger partial charge in [-0.1, -0.05) is 0 Å². The molecule has 0 bridgehead atoms. The Morgan fingerprint density at radius 1 is 1.08 bits per heavy atom. The number of carbonyl (C=O) groups excluding carboxylic acids is 1. The van der Waals surface area contributed by atoms with E-state index in [0.717, 1.165) is 37.6 Å². The summed E-state index contributed by atoms with van der Waals surface area (Å²) in [6, 6.07) is 3.90. The zero-order valence-electron chi connectivity index (χ0n) is 14.2. The summed E-state index contributed by atoms with van der Waals surface area (Å²) < 4.78 is 0. The van der Waals surface area contributed by atoms with Gasteiger partial charge >= 0.3 is 0 Å². The fourth-order valence-electron chi connectivity index (χ4n) is 3.42. The molecule has 2 aromatic rings. The molecule has 0 spiro atoms. The Bertz CT molecular complexity index is 786. The number of hydrogen-bond donors (Lipinski definition) is 1. The summed E-state index contributed by atoms with van der Waals surface area (Å²) in [7, 11) is 0. The van der Waals surface area contributed by atoms with E-state index in [1.54, 1.807) is 12.3 Å². The van der Waals surface area contributed by atoms with E-state index >= 15 is 0 Å². The molecule has 3 heterocycles. The Morgan fingerprint density at radius 3 is 2.56 bits per heavy atom. The average molecular weight is 338 g/mol. The molecule has 7 nitrogen and oxygen atoms in total.